The Morgan fingerprint density at radius 2 is 1.72 bits per heavy atom. The second kappa shape index (κ2) is 4.63. The Hall–Kier alpha value is -0.160. The van der Waals surface area contributed by atoms with Gasteiger partial charge in [0.05, 0.1) is 25.4 Å². The van der Waals surface area contributed by atoms with Gasteiger partial charge >= 0.3 is 0 Å². The van der Waals surface area contributed by atoms with E-state index in [4.69, 9.17) is 14.2 Å². The van der Waals surface area contributed by atoms with Crippen LogP contribution in [0.15, 0.2) is 0 Å². The van der Waals surface area contributed by atoms with Crippen molar-refractivity contribution >= 4 is 0 Å². The number of aliphatic hydroxyl groups is 1. The highest BCUT2D eigenvalue weighted by Crippen LogP contribution is 2.74. The zero-order chi connectivity index (χ0) is 17.1. The lowest BCUT2D eigenvalue weighted by atomic mass is 9.44. The number of epoxide rings is 1. The summed E-state index contributed by atoms with van der Waals surface area (Å²) in [5.41, 5.74) is 0.414. The third-order valence-corrected chi connectivity index (χ3v) is 9.84. The highest BCUT2D eigenvalue weighted by Gasteiger charge is 2.78. The van der Waals surface area contributed by atoms with Crippen molar-refractivity contribution in [3.05, 3.63) is 0 Å². The van der Waals surface area contributed by atoms with E-state index >= 15 is 0 Å². The fourth-order valence-electron chi connectivity index (χ4n) is 8.34. The normalized spacial score (nSPS) is 61.3. The highest BCUT2D eigenvalue weighted by atomic mass is 16.7. The van der Waals surface area contributed by atoms with Crippen molar-refractivity contribution in [1.29, 1.82) is 0 Å². The third-order valence-electron chi connectivity index (χ3n) is 9.84. The lowest BCUT2D eigenvalue weighted by Crippen LogP contribution is -2.61. The number of fused-ring (bicyclic) bond motifs is 4. The van der Waals surface area contributed by atoms with Gasteiger partial charge in [0.25, 0.3) is 0 Å². The predicted molar refractivity (Wildman–Crippen MR) is 91.9 cm³/mol. The Morgan fingerprint density at radius 3 is 2.52 bits per heavy atom. The van der Waals surface area contributed by atoms with Crippen LogP contribution in [0.3, 0.4) is 0 Å². The zero-order valence-corrected chi connectivity index (χ0v) is 15.6. The molecule has 4 aliphatic carbocycles. The van der Waals surface area contributed by atoms with Crippen molar-refractivity contribution < 1.29 is 19.3 Å². The van der Waals surface area contributed by atoms with Crippen LogP contribution in [0.1, 0.15) is 65.2 Å². The van der Waals surface area contributed by atoms with Gasteiger partial charge < -0.3 is 19.3 Å². The van der Waals surface area contributed by atoms with Crippen molar-refractivity contribution in [2.24, 2.45) is 28.6 Å². The topological polar surface area (TPSA) is 51.2 Å². The minimum atomic E-state index is -0.353. The van der Waals surface area contributed by atoms with Crippen LogP contribution in [-0.2, 0) is 14.2 Å². The minimum absolute atomic E-state index is 0.00170. The maximum Gasteiger partial charge on any atom is 0.171 e. The molecule has 1 N–H and O–H groups in total. The summed E-state index contributed by atoms with van der Waals surface area (Å²) in [5, 5.41) is 10.6. The SMILES string of the molecule is CC12CCC3C(CC4OC45CC4(CCC35C)OCCO4)C1CCC2O. The molecule has 2 aliphatic heterocycles. The van der Waals surface area contributed by atoms with Gasteiger partial charge in [0.1, 0.15) is 5.60 Å². The van der Waals surface area contributed by atoms with Crippen molar-refractivity contribution in [3.8, 4) is 0 Å². The summed E-state index contributed by atoms with van der Waals surface area (Å²) in [7, 11) is 0. The van der Waals surface area contributed by atoms with Crippen LogP contribution in [-0.4, -0.2) is 41.9 Å². The summed E-state index contributed by atoms with van der Waals surface area (Å²) in [6, 6.07) is 0. The summed E-state index contributed by atoms with van der Waals surface area (Å²) in [6.45, 7) is 6.35. The Balaban J connectivity index is 1.35. The van der Waals surface area contributed by atoms with E-state index in [9.17, 15) is 5.11 Å². The number of hydrogen-bond acceptors (Lipinski definition) is 4. The van der Waals surface area contributed by atoms with Gasteiger partial charge in [-0.15, -0.1) is 0 Å². The molecule has 8 atom stereocenters. The van der Waals surface area contributed by atoms with Crippen molar-refractivity contribution in [2.75, 3.05) is 13.2 Å². The van der Waals surface area contributed by atoms with Crippen molar-refractivity contribution in [1.82, 2.24) is 0 Å². The molecule has 6 rings (SSSR count). The maximum absolute atomic E-state index is 10.6. The van der Waals surface area contributed by atoms with E-state index in [1.807, 2.05) is 0 Å². The Bertz CT molecular complexity index is 601. The monoisotopic (exact) mass is 348 g/mol. The fraction of sp³-hybridized carbons (Fsp3) is 1.00. The molecule has 2 saturated heterocycles. The molecule has 8 unspecified atom stereocenters. The van der Waals surface area contributed by atoms with Crippen LogP contribution in [0.2, 0.25) is 0 Å². The molecule has 4 nitrogen and oxygen atoms in total. The number of aliphatic hydroxyl groups excluding tert-OH is 1. The second-order valence-electron chi connectivity index (χ2n) is 10.4. The molecule has 0 amide bonds. The van der Waals surface area contributed by atoms with Crippen LogP contribution >= 0.6 is 0 Å². The molecule has 2 spiro atoms. The quantitative estimate of drug-likeness (QED) is 0.683. The fourth-order valence-corrected chi connectivity index (χ4v) is 8.34. The van der Waals surface area contributed by atoms with E-state index in [-0.39, 0.29) is 28.3 Å². The van der Waals surface area contributed by atoms with Gasteiger partial charge in [0.15, 0.2) is 5.79 Å². The summed E-state index contributed by atoms with van der Waals surface area (Å²) in [5.74, 6) is 1.82. The Kier molecular flexibility index (Phi) is 2.93. The largest absolute Gasteiger partial charge is 0.393 e. The number of ether oxygens (including phenoxy) is 3. The van der Waals surface area contributed by atoms with Gasteiger partial charge in [0, 0.05) is 18.3 Å². The molecule has 0 aromatic rings. The number of hydrogen-bond donors (Lipinski definition) is 1. The minimum Gasteiger partial charge on any atom is -0.393 e. The second-order valence-corrected chi connectivity index (χ2v) is 10.4. The summed E-state index contributed by atoms with van der Waals surface area (Å²) in [4.78, 5) is 0. The van der Waals surface area contributed by atoms with E-state index in [1.54, 1.807) is 0 Å². The van der Waals surface area contributed by atoms with Crippen LogP contribution < -0.4 is 0 Å². The lowest BCUT2D eigenvalue weighted by molar-refractivity contribution is -0.227. The smallest absolute Gasteiger partial charge is 0.171 e. The van der Waals surface area contributed by atoms with E-state index in [1.165, 1.54) is 25.7 Å². The highest BCUT2D eigenvalue weighted by molar-refractivity contribution is 5.25. The predicted octanol–water partition coefficient (Wildman–Crippen LogP) is 3.26. The molecule has 6 aliphatic rings. The van der Waals surface area contributed by atoms with E-state index < -0.39 is 0 Å². The molecule has 25 heavy (non-hydrogen) atoms. The summed E-state index contributed by atoms with van der Waals surface area (Å²) < 4.78 is 18.7. The molecule has 0 radical (unpaired) electrons. The molecule has 4 heteroatoms. The van der Waals surface area contributed by atoms with Crippen LogP contribution in [0.25, 0.3) is 0 Å². The van der Waals surface area contributed by atoms with Crippen LogP contribution in [0.4, 0.5) is 0 Å². The maximum atomic E-state index is 10.6. The zero-order valence-electron chi connectivity index (χ0n) is 15.6. The molecule has 4 saturated carbocycles. The van der Waals surface area contributed by atoms with Crippen LogP contribution in [0, 0.1) is 28.6 Å². The first-order valence-corrected chi connectivity index (χ1v) is 10.6. The van der Waals surface area contributed by atoms with Gasteiger partial charge in [-0.25, -0.2) is 0 Å². The van der Waals surface area contributed by atoms with E-state index in [2.05, 4.69) is 13.8 Å². The average Bonchev–Trinajstić information content (AvgIpc) is 2.94. The van der Waals surface area contributed by atoms with Crippen molar-refractivity contribution in [2.45, 2.75) is 88.8 Å². The van der Waals surface area contributed by atoms with Crippen molar-refractivity contribution in [3.63, 3.8) is 0 Å². The molecule has 0 bridgehead atoms. The Labute approximate surface area is 150 Å². The van der Waals surface area contributed by atoms with Crippen LogP contribution in [0.5, 0.6) is 0 Å². The van der Waals surface area contributed by atoms with Gasteiger partial charge in [-0.1, -0.05) is 13.8 Å². The Morgan fingerprint density at radius 1 is 0.920 bits per heavy atom. The van der Waals surface area contributed by atoms with Gasteiger partial charge in [-0.3, -0.25) is 0 Å². The molecule has 140 valence electrons. The molecular weight excluding hydrogens is 316 g/mol. The average molecular weight is 348 g/mol. The molecule has 0 aromatic carbocycles. The first-order valence-electron chi connectivity index (χ1n) is 10.6. The molecular formula is C21H32O4. The van der Waals surface area contributed by atoms with E-state index in [0.29, 0.717) is 12.0 Å². The summed E-state index contributed by atoms with van der Waals surface area (Å²) >= 11 is 0. The standard InChI is InChI=1S/C21H32O4/c1-18-6-5-15-13(14(18)3-4-16(18)22)11-17-21(25-17)12-20(23-9-10-24-20)8-7-19(15,21)2/h13-17,22H,3-12H2,1-2H3. The van der Waals surface area contributed by atoms with E-state index in [0.717, 1.165) is 50.7 Å². The summed E-state index contributed by atoms with van der Waals surface area (Å²) in [6.07, 6.45) is 9.29. The van der Waals surface area contributed by atoms with Gasteiger partial charge in [-0.05, 0) is 61.7 Å². The molecule has 0 aromatic heterocycles. The van der Waals surface area contributed by atoms with Gasteiger partial charge in [-0.2, -0.15) is 0 Å². The first kappa shape index (κ1) is 15.9. The van der Waals surface area contributed by atoms with Gasteiger partial charge in [0.2, 0.25) is 0 Å². The lowest BCUT2D eigenvalue weighted by Gasteiger charge is -2.59. The molecule has 6 fully saturated rings. The first-order chi connectivity index (χ1) is 11.9. The molecule has 2 heterocycles. The number of rotatable bonds is 0. The third kappa shape index (κ3) is 1.74.